The number of alkyl halides is 3. The summed E-state index contributed by atoms with van der Waals surface area (Å²) in [5.74, 6) is -1.12. The molecule has 0 aliphatic carbocycles. The molecule has 0 fully saturated rings. The van der Waals surface area contributed by atoms with Crippen molar-refractivity contribution in [1.82, 2.24) is 9.97 Å². The predicted molar refractivity (Wildman–Crippen MR) is 69.6 cm³/mol. The minimum atomic E-state index is -4.51. The van der Waals surface area contributed by atoms with E-state index in [0.717, 1.165) is 24.0 Å². The van der Waals surface area contributed by atoms with Crippen molar-refractivity contribution in [3.63, 3.8) is 0 Å². The lowest BCUT2D eigenvalue weighted by molar-refractivity contribution is -0.137. The van der Waals surface area contributed by atoms with Gasteiger partial charge >= 0.3 is 12.1 Å². The van der Waals surface area contributed by atoms with Crippen molar-refractivity contribution in [2.45, 2.75) is 16.2 Å². The van der Waals surface area contributed by atoms with Gasteiger partial charge < -0.3 is 5.11 Å². The molecule has 2 aromatic rings. The van der Waals surface area contributed by atoms with E-state index >= 15 is 0 Å². The minimum absolute atomic E-state index is 0.00539. The van der Waals surface area contributed by atoms with Gasteiger partial charge in [0, 0.05) is 12.4 Å². The number of rotatable bonds is 3. The summed E-state index contributed by atoms with van der Waals surface area (Å²) in [6.07, 6.45) is -2.69. The van der Waals surface area contributed by atoms with E-state index in [1.165, 1.54) is 12.1 Å². The highest BCUT2D eigenvalue weighted by atomic mass is 35.5. The first-order chi connectivity index (χ1) is 9.77. The quantitative estimate of drug-likeness (QED) is 0.919. The van der Waals surface area contributed by atoms with E-state index in [0.29, 0.717) is 11.2 Å². The molecular formula is C12H6ClF3N2O2S. The van der Waals surface area contributed by atoms with Crippen LogP contribution in [0.2, 0.25) is 5.02 Å². The molecule has 0 saturated carbocycles. The Kier molecular flexibility index (Phi) is 4.38. The number of carboxylic acid groups (broad SMARTS) is 1. The lowest BCUT2D eigenvalue weighted by atomic mass is 10.3. The number of hydrogen-bond acceptors (Lipinski definition) is 4. The molecule has 0 aliphatic heterocycles. The second kappa shape index (κ2) is 5.90. The fourth-order valence-corrected chi connectivity index (χ4v) is 2.31. The summed E-state index contributed by atoms with van der Waals surface area (Å²) in [6, 6.07) is 3.53. The molecule has 0 aliphatic rings. The fraction of sp³-hybridized carbons (Fsp3) is 0.0833. The van der Waals surface area contributed by atoms with E-state index in [1.54, 1.807) is 0 Å². The Balaban J connectivity index is 2.22. The first-order valence-corrected chi connectivity index (χ1v) is 6.57. The molecule has 21 heavy (non-hydrogen) atoms. The van der Waals surface area contributed by atoms with Crippen LogP contribution in [0.1, 0.15) is 15.9 Å². The average molecular weight is 335 g/mol. The Bertz CT molecular complexity index is 677. The van der Waals surface area contributed by atoms with Gasteiger partial charge in [-0.2, -0.15) is 13.2 Å². The molecule has 2 heterocycles. The van der Waals surface area contributed by atoms with Crippen LogP contribution in [0.4, 0.5) is 13.2 Å². The molecule has 9 heteroatoms. The largest absolute Gasteiger partial charge is 0.478 e. The van der Waals surface area contributed by atoms with Gasteiger partial charge in [0.2, 0.25) is 0 Å². The van der Waals surface area contributed by atoms with Crippen molar-refractivity contribution in [1.29, 1.82) is 0 Å². The first-order valence-electron chi connectivity index (χ1n) is 5.37. The minimum Gasteiger partial charge on any atom is -0.478 e. The molecule has 0 bridgehead atoms. The van der Waals surface area contributed by atoms with E-state index < -0.39 is 17.7 Å². The number of nitrogens with zero attached hydrogens (tertiary/aromatic N) is 2. The monoisotopic (exact) mass is 334 g/mol. The van der Waals surface area contributed by atoms with Crippen LogP contribution in [0.3, 0.4) is 0 Å². The van der Waals surface area contributed by atoms with Crippen LogP contribution in [-0.2, 0) is 6.18 Å². The van der Waals surface area contributed by atoms with Gasteiger partial charge in [-0.05, 0) is 30.0 Å². The molecular weight excluding hydrogens is 329 g/mol. The third-order valence-corrected chi connectivity index (χ3v) is 3.69. The predicted octanol–water partition coefficient (Wildman–Crippen LogP) is 4.00. The highest BCUT2D eigenvalue weighted by Crippen LogP contribution is 2.35. The molecule has 1 N–H and O–H groups in total. The van der Waals surface area contributed by atoms with E-state index in [1.807, 2.05) is 0 Å². The summed E-state index contributed by atoms with van der Waals surface area (Å²) in [7, 11) is 0. The van der Waals surface area contributed by atoms with Crippen molar-refractivity contribution >= 4 is 29.3 Å². The van der Waals surface area contributed by atoms with Crippen LogP contribution < -0.4 is 0 Å². The molecule has 0 unspecified atom stereocenters. The maximum atomic E-state index is 12.5. The lowest BCUT2D eigenvalue weighted by Crippen LogP contribution is -2.05. The van der Waals surface area contributed by atoms with Crippen molar-refractivity contribution in [2.24, 2.45) is 0 Å². The fourth-order valence-electron chi connectivity index (χ4n) is 1.32. The Hall–Kier alpha value is -1.80. The van der Waals surface area contributed by atoms with Gasteiger partial charge in [0.25, 0.3) is 0 Å². The Morgan fingerprint density at radius 2 is 1.95 bits per heavy atom. The number of carbonyl (C=O) groups is 1. The summed E-state index contributed by atoms with van der Waals surface area (Å²) < 4.78 is 37.4. The van der Waals surface area contributed by atoms with Crippen LogP contribution >= 0.6 is 23.4 Å². The SMILES string of the molecule is O=C(O)c1ccc(Sc2ncc(C(F)(F)F)cc2Cl)nc1. The van der Waals surface area contributed by atoms with E-state index in [2.05, 4.69) is 9.97 Å². The molecule has 2 rings (SSSR count). The van der Waals surface area contributed by atoms with Gasteiger partial charge in [0.15, 0.2) is 0 Å². The van der Waals surface area contributed by atoms with E-state index in [9.17, 15) is 18.0 Å². The summed E-state index contributed by atoms with van der Waals surface area (Å²) in [4.78, 5) is 18.2. The molecule has 0 atom stereocenters. The van der Waals surface area contributed by atoms with Crippen molar-refractivity contribution in [2.75, 3.05) is 0 Å². The van der Waals surface area contributed by atoms with Crippen molar-refractivity contribution in [3.8, 4) is 0 Å². The van der Waals surface area contributed by atoms with Gasteiger partial charge in [-0.15, -0.1) is 0 Å². The molecule has 2 aromatic heterocycles. The third-order valence-electron chi connectivity index (χ3n) is 2.32. The van der Waals surface area contributed by atoms with Gasteiger partial charge in [-0.1, -0.05) is 11.6 Å². The molecule has 0 amide bonds. The second-order valence-corrected chi connectivity index (χ2v) is 5.22. The zero-order valence-electron chi connectivity index (χ0n) is 10.1. The van der Waals surface area contributed by atoms with Gasteiger partial charge in [-0.3, -0.25) is 0 Å². The highest BCUT2D eigenvalue weighted by Gasteiger charge is 2.31. The zero-order valence-corrected chi connectivity index (χ0v) is 11.6. The van der Waals surface area contributed by atoms with Gasteiger partial charge in [0.1, 0.15) is 10.1 Å². The maximum Gasteiger partial charge on any atom is 0.417 e. The number of pyridine rings is 2. The molecule has 0 saturated heterocycles. The first kappa shape index (κ1) is 15.6. The maximum absolute atomic E-state index is 12.5. The number of halogens is 4. The summed E-state index contributed by atoms with van der Waals surface area (Å²) in [5.41, 5.74) is -0.933. The molecule has 110 valence electrons. The molecule has 0 radical (unpaired) electrons. The standard InChI is InChI=1S/C12H6ClF3N2O2S/c13-8-3-7(12(14,15)16)5-18-10(8)21-9-2-1-6(4-17-9)11(19)20/h1-5H,(H,19,20). The van der Waals surface area contributed by atoms with Crippen LogP contribution in [-0.4, -0.2) is 21.0 Å². The second-order valence-electron chi connectivity index (χ2n) is 3.80. The van der Waals surface area contributed by atoms with Crippen molar-refractivity contribution < 1.29 is 23.1 Å². The van der Waals surface area contributed by atoms with E-state index in [-0.39, 0.29) is 15.6 Å². The number of aromatic carboxylic acids is 1. The molecule has 0 aromatic carbocycles. The Morgan fingerprint density at radius 3 is 2.43 bits per heavy atom. The zero-order chi connectivity index (χ0) is 15.6. The number of hydrogen-bond donors (Lipinski definition) is 1. The Morgan fingerprint density at radius 1 is 1.24 bits per heavy atom. The summed E-state index contributed by atoms with van der Waals surface area (Å²) in [6.45, 7) is 0. The third kappa shape index (κ3) is 3.85. The van der Waals surface area contributed by atoms with Crippen LogP contribution in [0.15, 0.2) is 40.6 Å². The molecule has 4 nitrogen and oxygen atoms in total. The topological polar surface area (TPSA) is 63.1 Å². The van der Waals surface area contributed by atoms with E-state index in [4.69, 9.17) is 16.7 Å². The van der Waals surface area contributed by atoms with Crippen molar-refractivity contribution in [3.05, 3.63) is 46.7 Å². The smallest absolute Gasteiger partial charge is 0.417 e. The van der Waals surface area contributed by atoms with Crippen LogP contribution in [0.25, 0.3) is 0 Å². The number of carboxylic acids is 1. The highest BCUT2D eigenvalue weighted by molar-refractivity contribution is 7.99. The van der Waals surface area contributed by atoms with Gasteiger partial charge in [0.05, 0.1) is 16.1 Å². The Labute approximate surface area is 126 Å². The molecule has 0 spiro atoms. The summed E-state index contributed by atoms with van der Waals surface area (Å²) in [5, 5.41) is 9.10. The normalized spacial score (nSPS) is 11.4. The van der Waals surface area contributed by atoms with Gasteiger partial charge in [-0.25, -0.2) is 14.8 Å². The number of aromatic nitrogens is 2. The van der Waals surface area contributed by atoms with Crippen LogP contribution in [0, 0.1) is 0 Å². The lowest BCUT2D eigenvalue weighted by Gasteiger charge is -2.08. The average Bonchev–Trinajstić information content (AvgIpc) is 2.40. The summed E-state index contributed by atoms with van der Waals surface area (Å²) >= 11 is 6.70. The van der Waals surface area contributed by atoms with Crippen LogP contribution in [0.5, 0.6) is 0 Å².